The normalized spacial score (nSPS) is 20.7. The van der Waals surface area contributed by atoms with Gasteiger partial charge in [-0.2, -0.15) is 0 Å². The molecule has 2 heterocycles. The Bertz CT molecular complexity index is 514. The zero-order chi connectivity index (χ0) is 16.6. The number of aryl methyl sites for hydroxylation is 1. The monoisotopic (exact) mass is 329 g/mol. The van der Waals surface area contributed by atoms with Crippen LogP contribution in [0.25, 0.3) is 0 Å². The number of likely N-dealkylation sites (tertiary alicyclic amines) is 1. The number of nitrogens with zero attached hydrogens (tertiary/aromatic N) is 2. The van der Waals surface area contributed by atoms with E-state index in [0.717, 1.165) is 12.1 Å². The number of hydrogen-bond donors (Lipinski definition) is 2. The summed E-state index contributed by atoms with van der Waals surface area (Å²) in [6.07, 6.45) is 15.7. The van der Waals surface area contributed by atoms with Crippen molar-refractivity contribution in [1.82, 2.24) is 9.97 Å². The molecule has 1 aliphatic heterocycles. The van der Waals surface area contributed by atoms with E-state index in [-0.39, 0.29) is 0 Å². The Morgan fingerprint density at radius 1 is 1.00 bits per heavy atom. The number of piperidine rings is 1. The fraction of sp³-hybridized carbons (Fsp3) is 0.750. The summed E-state index contributed by atoms with van der Waals surface area (Å²) >= 11 is 0. The van der Waals surface area contributed by atoms with Gasteiger partial charge in [0.1, 0.15) is 0 Å². The highest BCUT2D eigenvalue weighted by Gasteiger charge is 2.18. The second-order valence-corrected chi connectivity index (χ2v) is 7.64. The van der Waals surface area contributed by atoms with Crippen LogP contribution in [0.3, 0.4) is 0 Å². The zero-order valence-electron chi connectivity index (χ0n) is 15.0. The zero-order valence-corrected chi connectivity index (χ0v) is 15.0. The van der Waals surface area contributed by atoms with Crippen LogP contribution in [-0.4, -0.2) is 35.8 Å². The molecule has 132 valence electrons. The van der Waals surface area contributed by atoms with Gasteiger partial charge in [0, 0.05) is 23.7 Å². The lowest BCUT2D eigenvalue weighted by atomic mass is 9.95. The molecule has 2 fully saturated rings. The largest absolute Gasteiger partial charge is 0.335 e. The van der Waals surface area contributed by atoms with E-state index in [1.807, 2.05) is 0 Å². The third-order valence-corrected chi connectivity index (χ3v) is 5.74. The number of nitrogens with one attached hydrogen (secondary N) is 2. The van der Waals surface area contributed by atoms with Crippen LogP contribution >= 0.6 is 0 Å². The molecule has 4 nitrogen and oxygen atoms in total. The molecule has 0 atom stereocenters. The molecule has 3 rings (SSSR count). The van der Waals surface area contributed by atoms with E-state index in [1.165, 1.54) is 95.8 Å². The van der Waals surface area contributed by atoms with Crippen LogP contribution in [0.2, 0.25) is 0 Å². The van der Waals surface area contributed by atoms with Gasteiger partial charge in [-0.3, -0.25) is 0 Å². The molecular weight excluding hydrogens is 296 g/mol. The number of aromatic nitrogens is 2. The smallest absolute Gasteiger partial charge is 0.170 e. The van der Waals surface area contributed by atoms with Gasteiger partial charge in [0.25, 0.3) is 0 Å². The van der Waals surface area contributed by atoms with E-state index in [0.29, 0.717) is 11.7 Å². The van der Waals surface area contributed by atoms with Crippen molar-refractivity contribution in [2.75, 3.05) is 19.6 Å². The minimum absolute atomic E-state index is 0.584. The minimum atomic E-state index is 0.584. The predicted molar refractivity (Wildman–Crippen MR) is 98.1 cm³/mol. The van der Waals surface area contributed by atoms with Gasteiger partial charge in [0.2, 0.25) is 0 Å². The Kier molecular flexibility index (Phi) is 6.76. The van der Waals surface area contributed by atoms with Crippen molar-refractivity contribution in [3.05, 3.63) is 23.3 Å². The molecule has 1 saturated carbocycles. The van der Waals surface area contributed by atoms with Crippen LogP contribution in [0.5, 0.6) is 0 Å². The molecule has 1 aliphatic carbocycles. The van der Waals surface area contributed by atoms with E-state index in [9.17, 15) is 0 Å². The van der Waals surface area contributed by atoms with Crippen molar-refractivity contribution >= 4 is 6.21 Å². The lowest BCUT2D eigenvalue weighted by Crippen LogP contribution is -3.12. The van der Waals surface area contributed by atoms with Crippen LogP contribution in [0, 0.1) is 5.41 Å². The topological polar surface area (TPSA) is 54.1 Å². The molecule has 2 N–H and O–H groups in total. The van der Waals surface area contributed by atoms with Gasteiger partial charge in [0.05, 0.1) is 25.8 Å². The van der Waals surface area contributed by atoms with Crippen LogP contribution in [-0.2, 0) is 6.42 Å². The highest BCUT2D eigenvalue weighted by Crippen LogP contribution is 2.30. The lowest BCUT2D eigenvalue weighted by molar-refractivity contribution is -0.905. The van der Waals surface area contributed by atoms with Crippen molar-refractivity contribution in [2.45, 2.75) is 76.5 Å². The summed E-state index contributed by atoms with van der Waals surface area (Å²) in [5.74, 6) is 1.19. The van der Waals surface area contributed by atoms with Crippen molar-refractivity contribution in [1.29, 1.82) is 5.41 Å². The summed E-state index contributed by atoms with van der Waals surface area (Å²) in [6.45, 7) is 3.97. The molecule has 1 aromatic rings. The first-order valence-electron chi connectivity index (χ1n) is 10.1. The van der Waals surface area contributed by atoms with E-state index in [1.54, 1.807) is 4.90 Å². The molecule has 24 heavy (non-hydrogen) atoms. The molecule has 0 spiro atoms. The first kappa shape index (κ1) is 17.5. The second-order valence-electron chi connectivity index (χ2n) is 7.64. The van der Waals surface area contributed by atoms with Gasteiger partial charge in [-0.1, -0.05) is 25.7 Å². The number of hydrogen-bond acceptors (Lipinski definition) is 3. The fourth-order valence-corrected chi connectivity index (χ4v) is 4.34. The van der Waals surface area contributed by atoms with Crippen LogP contribution in [0.15, 0.2) is 6.07 Å². The lowest BCUT2D eigenvalue weighted by Gasteiger charge is -2.23. The molecule has 0 aromatic carbocycles. The van der Waals surface area contributed by atoms with E-state index >= 15 is 0 Å². The van der Waals surface area contributed by atoms with Crippen LogP contribution < -0.4 is 4.90 Å². The summed E-state index contributed by atoms with van der Waals surface area (Å²) in [7, 11) is 0. The predicted octanol–water partition coefficient (Wildman–Crippen LogP) is 2.91. The fourth-order valence-electron chi connectivity index (χ4n) is 4.34. The van der Waals surface area contributed by atoms with E-state index in [2.05, 4.69) is 16.0 Å². The maximum absolute atomic E-state index is 7.58. The van der Waals surface area contributed by atoms with Gasteiger partial charge in [-0.25, -0.2) is 9.97 Å². The van der Waals surface area contributed by atoms with E-state index in [4.69, 9.17) is 5.41 Å². The average Bonchev–Trinajstić information content (AvgIpc) is 2.92. The quantitative estimate of drug-likeness (QED) is 0.623. The molecule has 0 radical (unpaired) electrons. The van der Waals surface area contributed by atoms with Crippen LogP contribution in [0.4, 0.5) is 0 Å². The Balaban J connectivity index is 1.61. The maximum atomic E-state index is 7.58. The van der Waals surface area contributed by atoms with E-state index < -0.39 is 0 Å². The Labute approximate surface area is 146 Å². The Hall–Kier alpha value is -1.29. The minimum Gasteiger partial charge on any atom is -0.335 e. The Morgan fingerprint density at radius 2 is 1.71 bits per heavy atom. The summed E-state index contributed by atoms with van der Waals surface area (Å²) in [5.41, 5.74) is 2.35. The van der Waals surface area contributed by atoms with Gasteiger partial charge in [-0.05, 0) is 44.6 Å². The first-order chi connectivity index (χ1) is 11.8. The summed E-state index contributed by atoms with van der Waals surface area (Å²) in [4.78, 5) is 11.0. The van der Waals surface area contributed by atoms with Crippen LogP contribution in [0.1, 0.15) is 87.3 Å². The molecule has 0 amide bonds. The van der Waals surface area contributed by atoms with Crippen molar-refractivity contribution < 1.29 is 4.90 Å². The van der Waals surface area contributed by atoms with Gasteiger partial charge in [-0.15, -0.1) is 0 Å². The third kappa shape index (κ3) is 5.10. The number of rotatable bonds is 6. The molecular formula is C20H33N4+. The Morgan fingerprint density at radius 3 is 2.42 bits per heavy atom. The highest BCUT2D eigenvalue weighted by atomic mass is 15.1. The molecule has 1 aromatic heterocycles. The summed E-state index contributed by atoms with van der Waals surface area (Å²) < 4.78 is 0. The van der Waals surface area contributed by atoms with Gasteiger partial charge >= 0.3 is 0 Å². The SMILES string of the molecule is N=Cc1nc(CCC[NH+]2CCCCC2)cc(C2CCCCCC2)n1. The highest BCUT2D eigenvalue weighted by molar-refractivity contribution is 5.71. The number of quaternary nitrogens is 1. The third-order valence-electron chi connectivity index (χ3n) is 5.74. The van der Waals surface area contributed by atoms with Crippen molar-refractivity contribution in [2.24, 2.45) is 0 Å². The first-order valence-corrected chi connectivity index (χ1v) is 10.1. The average molecular weight is 330 g/mol. The standard InChI is InChI=1S/C20H32N4/c21-16-20-22-18(11-8-14-24-12-6-3-7-13-24)15-19(23-20)17-9-4-1-2-5-10-17/h15-17,21H,1-14H2/p+1. The maximum Gasteiger partial charge on any atom is 0.170 e. The molecule has 1 saturated heterocycles. The van der Waals surface area contributed by atoms with Crippen molar-refractivity contribution in [3.8, 4) is 0 Å². The molecule has 4 heteroatoms. The molecule has 2 aliphatic rings. The molecule has 0 bridgehead atoms. The van der Waals surface area contributed by atoms with Gasteiger partial charge < -0.3 is 10.3 Å². The van der Waals surface area contributed by atoms with Gasteiger partial charge in [0.15, 0.2) is 5.82 Å². The summed E-state index contributed by atoms with van der Waals surface area (Å²) in [5, 5.41) is 7.58. The molecule has 0 unspecified atom stereocenters. The summed E-state index contributed by atoms with van der Waals surface area (Å²) in [6, 6.07) is 2.24. The van der Waals surface area contributed by atoms with Crippen molar-refractivity contribution in [3.63, 3.8) is 0 Å². The second kappa shape index (κ2) is 9.26.